The molecule has 3 aromatic heterocycles. The minimum Gasteiger partial charge on any atom is -0.372 e. The van der Waals surface area contributed by atoms with Gasteiger partial charge in [0.2, 0.25) is 0 Å². The van der Waals surface area contributed by atoms with E-state index in [0.717, 1.165) is 33.4 Å². The lowest BCUT2D eigenvalue weighted by molar-refractivity contribution is 0.612. The molecule has 0 saturated carbocycles. The summed E-state index contributed by atoms with van der Waals surface area (Å²) in [5.41, 5.74) is 4.74. The molecule has 3 heterocycles. The van der Waals surface area contributed by atoms with Crippen molar-refractivity contribution in [3.63, 3.8) is 0 Å². The number of rotatable bonds is 2. The molecule has 0 amide bonds. The Morgan fingerprint density at radius 1 is 1.22 bits per heavy atom. The van der Waals surface area contributed by atoms with Crippen LogP contribution < -0.4 is 5.32 Å². The summed E-state index contributed by atoms with van der Waals surface area (Å²) in [7, 11) is 1.83. The van der Waals surface area contributed by atoms with Gasteiger partial charge in [-0.05, 0) is 42.7 Å². The van der Waals surface area contributed by atoms with Crippen molar-refractivity contribution >= 4 is 22.2 Å². The molecule has 0 aliphatic heterocycles. The Morgan fingerprint density at radius 3 is 2.83 bits per heavy atom. The van der Waals surface area contributed by atoms with Crippen LogP contribution in [0.1, 0.15) is 11.1 Å². The molecule has 4 aromatic rings. The lowest BCUT2D eigenvalue weighted by atomic mass is 9.94. The molecule has 1 aromatic carbocycles. The van der Waals surface area contributed by atoms with E-state index in [-0.39, 0.29) is 5.82 Å². The highest BCUT2D eigenvalue weighted by Crippen LogP contribution is 2.35. The first-order valence-electron chi connectivity index (χ1n) is 7.39. The number of nitrogens with one attached hydrogen (secondary N) is 2. The maximum atomic E-state index is 14.6. The minimum absolute atomic E-state index is 0.193. The summed E-state index contributed by atoms with van der Waals surface area (Å²) >= 11 is 0. The van der Waals surface area contributed by atoms with Crippen molar-refractivity contribution < 1.29 is 4.39 Å². The number of hydrogen-bond donors (Lipinski definition) is 2. The van der Waals surface area contributed by atoms with Gasteiger partial charge in [-0.3, -0.25) is 5.10 Å². The van der Waals surface area contributed by atoms with Crippen molar-refractivity contribution in [3.8, 4) is 11.1 Å². The Balaban J connectivity index is 2.03. The largest absolute Gasteiger partial charge is 0.372 e. The molecule has 23 heavy (non-hydrogen) atoms. The quantitative estimate of drug-likeness (QED) is 0.594. The van der Waals surface area contributed by atoms with E-state index in [1.54, 1.807) is 17.6 Å². The van der Waals surface area contributed by atoms with Gasteiger partial charge in [0.15, 0.2) is 0 Å². The van der Waals surface area contributed by atoms with E-state index in [2.05, 4.69) is 20.6 Å². The van der Waals surface area contributed by atoms with E-state index in [4.69, 9.17) is 0 Å². The molecule has 0 aliphatic carbocycles. The van der Waals surface area contributed by atoms with Gasteiger partial charge in [-0.15, -0.1) is 0 Å². The molecule has 4 rings (SSSR count). The molecule has 0 radical (unpaired) electrons. The van der Waals surface area contributed by atoms with Gasteiger partial charge < -0.3 is 5.32 Å². The van der Waals surface area contributed by atoms with Gasteiger partial charge in [0.05, 0.1) is 17.2 Å². The molecule has 0 aliphatic rings. The van der Waals surface area contributed by atoms with Crippen LogP contribution in [0.5, 0.6) is 0 Å². The smallest absolute Gasteiger partial charge is 0.148 e. The first-order chi connectivity index (χ1) is 11.1. The number of nitrogens with zero attached hydrogens (tertiary/aromatic N) is 3. The topological polar surface area (TPSA) is 58.0 Å². The fourth-order valence-electron chi connectivity index (χ4n) is 3.11. The monoisotopic (exact) mass is 309 g/mol. The Morgan fingerprint density at radius 2 is 2.04 bits per heavy atom. The van der Waals surface area contributed by atoms with Crippen LogP contribution in [0.4, 0.5) is 10.2 Å². The third-order valence-corrected chi connectivity index (χ3v) is 4.33. The van der Waals surface area contributed by atoms with E-state index >= 15 is 0 Å². The second-order valence-corrected chi connectivity index (χ2v) is 5.66. The summed E-state index contributed by atoms with van der Waals surface area (Å²) in [5.74, 6) is 0.600. The normalized spacial score (nSPS) is 11.5. The highest BCUT2D eigenvalue weighted by atomic mass is 19.1. The lowest BCUT2D eigenvalue weighted by Gasteiger charge is -2.12. The summed E-state index contributed by atoms with van der Waals surface area (Å²) in [5, 5.41) is 15.3. The van der Waals surface area contributed by atoms with Crippen LogP contribution in [-0.2, 0) is 0 Å². The molecular formula is C17H16FN5. The van der Waals surface area contributed by atoms with Crippen molar-refractivity contribution in [3.05, 3.63) is 47.5 Å². The third-order valence-electron chi connectivity index (χ3n) is 4.33. The van der Waals surface area contributed by atoms with E-state index < -0.39 is 0 Å². The predicted molar refractivity (Wildman–Crippen MR) is 89.3 cm³/mol. The number of halogens is 1. The van der Waals surface area contributed by atoms with Gasteiger partial charge in [-0.2, -0.15) is 10.2 Å². The molecular weight excluding hydrogens is 293 g/mol. The van der Waals surface area contributed by atoms with E-state index in [1.165, 1.54) is 0 Å². The molecule has 6 heteroatoms. The first kappa shape index (κ1) is 13.8. The highest BCUT2D eigenvalue weighted by Gasteiger charge is 2.17. The van der Waals surface area contributed by atoms with Crippen LogP contribution in [0, 0.1) is 19.7 Å². The molecule has 0 fully saturated rings. The fourth-order valence-corrected chi connectivity index (χ4v) is 3.11. The van der Waals surface area contributed by atoms with Crippen LogP contribution in [-0.4, -0.2) is 26.9 Å². The standard InChI is InChI=1S/C17H16FN5/c1-9-15(13-8-20-21-17(13)10(2)16(9)18)11-4-5-23-12(6-11)7-14(19-3)22-23/h4-8H,1-3H3,(H,19,22)(H,20,21). The summed E-state index contributed by atoms with van der Waals surface area (Å²) < 4.78 is 16.4. The molecule has 0 spiro atoms. The number of aromatic nitrogens is 4. The predicted octanol–water partition coefficient (Wildman–Crippen LogP) is 3.68. The second kappa shape index (κ2) is 4.81. The van der Waals surface area contributed by atoms with Gasteiger partial charge in [-0.1, -0.05) is 0 Å². The Bertz CT molecular complexity index is 1040. The summed E-state index contributed by atoms with van der Waals surface area (Å²) in [4.78, 5) is 0. The van der Waals surface area contributed by atoms with Crippen molar-refractivity contribution in [1.82, 2.24) is 19.8 Å². The van der Waals surface area contributed by atoms with Crippen LogP contribution in [0.2, 0.25) is 0 Å². The molecule has 116 valence electrons. The van der Waals surface area contributed by atoms with Crippen molar-refractivity contribution in [2.45, 2.75) is 13.8 Å². The summed E-state index contributed by atoms with van der Waals surface area (Å²) in [6.07, 6.45) is 3.64. The number of benzene rings is 1. The fraction of sp³-hybridized carbons (Fsp3) is 0.176. The van der Waals surface area contributed by atoms with E-state index in [9.17, 15) is 4.39 Å². The van der Waals surface area contributed by atoms with E-state index in [1.807, 2.05) is 38.4 Å². The maximum absolute atomic E-state index is 14.6. The average molecular weight is 309 g/mol. The number of aromatic amines is 1. The highest BCUT2D eigenvalue weighted by molar-refractivity contribution is 5.98. The maximum Gasteiger partial charge on any atom is 0.148 e. The van der Waals surface area contributed by atoms with Crippen molar-refractivity contribution in [2.24, 2.45) is 0 Å². The summed E-state index contributed by atoms with van der Waals surface area (Å²) in [6.45, 7) is 3.58. The van der Waals surface area contributed by atoms with E-state index in [0.29, 0.717) is 11.1 Å². The van der Waals surface area contributed by atoms with Crippen LogP contribution in [0.15, 0.2) is 30.6 Å². The van der Waals surface area contributed by atoms with Crippen LogP contribution in [0.3, 0.4) is 0 Å². The number of H-pyrrole nitrogens is 1. The Hall–Kier alpha value is -2.89. The summed E-state index contributed by atoms with van der Waals surface area (Å²) in [6, 6.07) is 5.91. The number of hydrogen-bond acceptors (Lipinski definition) is 3. The molecule has 0 unspecified atom stereocenters. The van der Waals surface area contributed by atoms with Gasteiger partial charge in [0.25, 0.3) is 0 Å². The number of aryl methyl sites for hydroxylation is 1. The number of pyridine rings is 1. The number of anilines is 1. The van der Waals surface area contributed by atoms with Gasteiger partial charge in [0.1, 0.15) is 11.6 Å². The Kier molecular flexibility index (Phi) is 2.87. The van der Waals surface area contributed by atoms with Gasteiger partial charge in [-0.25, -0.2) is 8.91 Å². The van der Waals surface area contributed by atoms with Crippen LogP contribution >= 0.6 is 0 Å². The Labute approximate surface area is 132 Å². The van der Waals surface area contributed by atoms with Crippen LogP contribution in [0.25, 0.3) is 27.5 Å². The zero-order valence-corrected chi connectivity index (χ0v) is 13.1. The van der Waals surface area contributed by atoms with Gasteiger partial charge >= 0.3 is 0 Å². The zero-order chi connectivity index (χ0) is 16.1. The average Bonchev–Trinajstić information content (AvgIpc) is 3.18. The molecule has 0 bridgehead atoms. The zero-order valence-electron chi connectivity index (χ0n) is 13.1. The van der Waals surface area contributed by atoms with Gasteiger partial charge in [0, 0.05) is 30.3 Å². The second-order valence-electron chi connectivity index (χ2n) is 5.66. The van der Waals surface area contributed by atoms with Crippen molar-refractivity contribution in [1.29, 1.82) is 0 Å². The molecule has 2 N–H and O–H groups in total. The molecule has 0 atom stereocenters. The minimum atomic E-state index is -0.193. The lowest BCUT2D eigenvalue weighted by Crippen LogP contribution is -1.96. The van der Waals surface area contributed by atoms with Crippen molar-refractivity contribution in [2.75, 3.05) is 12.4 Å². The first-order valence-corrected chi connectivity index (χ1v) is 7.39. The SMILES string of the molecule is CNc1cc2cc(-c3c(C)c(F)c(C)c4[nH]ncc34)ccn2n1. The number of fused-ring (bicyclic) bond motifs is 2. The third kappa shape index (κ3) is 1.91. The molecule has 0 saturated heterocycles. The molecule has 5 nitrogen and oxygen atoms in total.